The Labute approximate surface area is 119 Å². The molecule has 1 heterocycles. The molecule has 0 radical (unpaired) electrons. The molecule has 2 atom stereocenters. The van der Waals surface area contributed by atoms with Crippen LogP contribution in [0.4, 0.5) is 0 Å². The molecule has 0 bridgehead atoms. The van der Waals surface area contributed by atoms with E-state index in [1.807, 2.05) is 31.5 Å². The second-order valence-electron chi connectivity index (χ2n) is 5.78. The molecule has 0 aliphatic carbocycles. The number of aliphatic carboxylic acids is 1. The van der Waals surface area contributed by atoms with Crippen LogP contribution in [0.2, 0.25) is 0 Å². The summed E-state index contributed by atoms with van der Waals surface area (Å²) in [5.74, 6) is -1.30. The SMILES string of the molecule is CC(Cn1ccnc1)NC(=O)CC(C)(C(=O)O)C(C)C. The van der Waals surface area contributed by atoms with E-state index in [-0.39, 0.29) is 24.3 Å². The Kier molecular flexibility index (Phi) is 5.30. The van der Waals surface area contributed by atoms with Crippen molar-refractivity contribution in [3.8, 4) is 0 Å². The van der Waals surface area contributed by atoms with E-state index >= 15 is 0 Å². The van der Waals surface area contributed by atoms with Crippen LogP contribution in [0.15, 0.2) is 18.7 Å². The van der Waals surface area contributed by atoms with E-state index in [2.05, 4.69) is 10.3 Å². The predicted octanol–water partition coefficient (Wildman–Crippen LogP) is 1.52. The largest absolute Gasteiger partial charge is 0.481 e. The van der Waals surface area contributed by atoms with Gasteiger partial charge in [0.1, 0.15) is 0 Å². The fourth-order valence-corrected chi connectivity index (χ4v) is 1.94. The number of aromatic nitrogens is 2. The minimum atomic E-state index is -1.04. The molecule has 0 aliphatic heterocycles. The number of carbonyl (C=O) groups is 2. The molecule has 0 aliphatic rings. The fourth-order valence-electron chi connectivity index (χ4n) is 1.94. The smallest absolute Gasteiger partial charge is 0.310 e. The minimum absolute atomic E-state index is 0.0196. The fraction of sp³-hybridized carbons (Fsp3) is 0.643. The summed E-state index contributed by atoms with van der Waals surface area (Å²) in [5.41, 5.74) is -1.04. The average Bonchev–Trinajstić information content (AvgIpc) is 2.80. The standard InChI is InChI=1S/C14H23N3O3/c1-10(2)14(4,13(19)20)7-12(18)16-11(3)8-17-6-5-15-9-17/h5-6,9-11H,7-8H2,1-4H3,(H,16,18)(H,19,20). The van der Waals surface area contributed by atoms with Gasteiger partial charge in [-0.2, -0.15) is 0 Å². The third kappa shape index (κ3) is 4.08. The highest BCUT2D eigenvalue weighted by Crippen LogP contribution is 2.31. The molecule has 1 rings (SSSR count). The van der Waals surface area contributed by atoms with Gasteiger partial charge in [-0.3, -0.25) is 9.59 Å². The second kappa shape index (κ2) is 6.54. The Morgan fingerprint density at radius 1 is 1.40 bits per heavy atom. The maximum absolute atomic E-state index is 12.0. The van der Waals surface area contributed by atoms with E-state index < -0.39 is 11.4 Å². The summed E-state index contributed by atoms with van der Waals surface area (Å²) in [6, 6.07) is -0.0816. The highest BCUT2D eigenvalue weighted by molar-refractivity contribution is 5.85. The van der Waals surface area contributed by atoms with E-state index in [0.29, 0.717) is 6.54 Å². The Morgan fingerprint density at radius 2 is 2.05 bits per heavy atom. The summed E-state index contributed by atoms with van der Waals surface area (Å²) in [7, 11) is 0. The zero-order valence-electron chi connectivity index (χ0n) is 12.5. The number of carboxylic acids is 1. The molecule has 0 aromatic carbocycles. The minimum Gasteiger partial charge on any atom is -0.481 e. The lowest BCUT2D eigenvalue weighted by atomic mass is 9.76. The van der Waals surface area contributed by atoms with Crippen molar-refractivity contribution in [2.45, 2.75) is 46.7 Å². The van der Waals surface area contributed by atoms with Crippen LogP contribution < -0.4 is 5.32 Å². The number of hydrogen-bond donors (Lipinski definition) is 2. The van der Waals surface area contributed by atoms with Crippen molar-refractivity contribution >= 4 is 11.9 Å². The first-order valence-electron chi connectivity index (χ1n) is 6.74. The zero-order chi connectivity index (χ0) is 15.3. The van der Waals surface area contributed by atoms with Crippen LogP contribution in [0.1, 0.15) is 34.1 Å². The van der Waals surface area contributed by atoms with E-state index in [4.69, 9.17) is 0 Å². The third-order valence-corrected chi connectivity index (χ3v) is 3.74. The topological polar surface area (TPSA) is 84.2 Å². The Bertz CT molecular complexity index is 456. The van der Waals surface area contributed by atoms with Crippen LogP contribution in [0.3, 0.4) is 0 Å². The van der Waals surface area contributed by atoms with Crippen molar-refractivity contribution in [3.05, 3.63) is 18.7 Å². The lowest BCUT2D eigenvalue weighted by molar-refractivity contribution is -0.153. The van der Waals surface area contributed by atoms with Crippen molar-refractivity contribution < 1.29 is 14.7 Å². The van der Waals surface area contributed by atoms with Crippen LogP contribution in [0.5, 0.6) is 0 Å². The average molecular weight is 281 g/mol. The van der Waals surface area contributed by atoms with Gasteiger partial charge < -0.3 is 15.0 Å². The maximum Gasteiger partial charge on any atom is 0.310 e. The van der Waals surface area contributed by atoms with Gasteiger partial charge in [0.2, 0.25) is 5.91 Å². The van der Waals surface area contributed by atoms with Gasteiger partial charge in [0.05, 0.1) is 11.7 Å². The van der Waals surface area contributed by atoms with Crippen LogP contribution in [-0.4, -0.2) is 32.6 Å². The number of rotatable bonds is 7. The van der Waals surface area contributed by atoms with Crippen molar-refractivity contribution in [2.75, 3.05) is 0 Å². The molecule has 0 saturated carbocycles. The highest BCUT2D eigenvalue weighted by Gasteiger charge is 2.38. The van der Waals surface area contributed by atoms with Crippen molar-refractivity contribution in [1.29, 1.82) is 0 Å². The number of carbonyl (C=O) groups excluding carboxylic acids is 1. The molecule has 20 heavy (non-hydrogen) atoms. The molecule has 1 aromatic rings. The summed E-state index contributed by atoms with van der Waals surface area (Å²) < 4.78 is 1.86. The Hall–Kier alpha value is -1.85. The van der Waals surface area contributed by atoms with Gasteiger partial charge >= 0.3 is 5.97 Å². The Morgan fingerprint density at radius 3 is 2.50 bits per heavy atom. The molecule has 2 N–H and O–H groups in total. The molecule has 0 spiro atoms. The molecule has 0 saturated heterocycles. The van der Waals surface area contributed by atoms with Crippen LogP contribution >= 0.6 is 0 Å². The number of carboxylic acid groups (broad SMARTS) is 1. The van der Waals surface area contributed by atoms with Gasteiger partial charge in [0, 0.05) is 31.4 Å². The summed E-state index contributed by atoms with van der Waals surface area (Å²) in [4.78, 5) is 27.3. The van der Waals surface area contributed by atoms with Crippen molar-refractivity contribution in [1.82, 2.24) is 14.9 Å². The molecule has 2 unspecified atom stereocenters. The van der Waals surface area contributed by atoms with Crippen LogP contribution in [0, 0.1) is 11.3 Å². The van der Waals surface area contributed by atoms with Gasteiger partial charge in [-0.15, -0.1) is 0 Å². The molecule has 6 nitrogen and oxygen atoms in total. The molecular formula is C14H23N3O3. The molecule has 6 heteroatoms. The first-order valence-corrected chi connectivity index (χ1v) is 6.74. The molecule has 1 amide bonds. The normalized spacial score (nSPS) is 15.7. The summed E-state index contributed by atoms with van der Waals surface area (Å²) in [6.07, 6.45) is 5.15. The molecule has 0 fully saturated rings. The number of nitrogens with one attached hydrogen (secondary N) is 1. The van der Waals surface area contributed by atoms with E-state index in [1.54, 1.807) is 19.4 Å². The van der Waals surface area contributed by atoms with Gasteiger partial charge in [0.15, 0.2) is 0 Å². The molecular weight excluding hydrogens is 258 g/mol. The number of hydrogen-bond acceptors (Lipinski definition) is 3. The van der Waals surface area contributed by atoms with Gasteiger partial charge in [-0.25, -0.2) is 4.98 Å². The maximum atomic E-state index is 12.0. The quantitative estimate of drug-likeness (QED) is 0.793. The lowest BCUT2D eigenvalue weighted by Crippen LogP contribution is -2.42. The predicted molar refractivity (Wildman–Crippen MR) is 75.0 cm³/mol. The first kappa shape index (κ1) is 16.2. The van der Waals surface area contributed by atoms with Crippen molar-refractivity contribution in [2.24, 2.45) is 11.3 Å². The third-order valence-electron chi connectivity index (χ3n) is 3.74. The van der Waals surface area contributed by atoms with Crippen LogP contribution in [-0.2, 0) is 16.1 Å². The zero-order valence-corrected chi connectivity index (χ0v) is 12.5. The number of nitrogens with zero attached hydrogens (tertiary/aromatic N) is 2. The van der Waals surface area contributed by atoms with Gasteiger partial charge in [-0.05, 0) is 19.8 Å². The molecule has 112 valence electrons. The summed E-state index contributed by atoms with van der Waals surface area (Å²) in [6.45, 7) is 7.73. The second-order valence-corrected chi connectivity index (χ2v) is 5.78. The lowest BCUT2D eigenvalue weighted by Gasteiger charge is -2.29. The summed E-state index contributed by atoms with van der Waals surface area (Å²) >= 11 is 0. The summed E-state index contributed by atoms with van der Waals surface area (Å²) in [5, 5.41) is 12.1. The highest BCUT2D eigenvalue weighted by atomic mass is 16.4. The number of imidazole rings is 1. The van der Waals surface area contributed by atoms with Gasteiger partial charge in [-0.1, -0.05) is 13.8 Å². The van der Waals surface area contributed by atoms with Gasteiger partial charge in [0.25, 0.3) is 0 Å². The van der Waals surface area contributed by atoms with E-state index in [9.17, 15) is 14.7 Å². The van der Waals surface area contributed by atoms with Crippen LogP contribution in [0.25, 0.3) is 0 Å². The first-order chi connectivity index (χ1) is 9.25. The van der Waals surface area contributed by atoms with E-state index in [0.717, 1.165) is 0 Å². The Balaban J connectivity index is 2.56. The van der Waals surface area contributed by atoms with E-state index in [1.165, 1.54) is 0 Å². The molecule has 1 aromatic heterocycles. The van der Waals surface area contributed by atoms with Crippen molar-refractivity contribution in [3.63, 3.8) is 0 Å². The number of amides is 1. The monoisotopic (exact) mass is 281 g/mol.